The van der Waals surface area contributed by atoms with Crippen LogP contribution in [0.15, 0.2) is 29.2 Å². The van der Waals surface area contributed by atoms with Crippen molar-refractivity contribution >= 4 is 28.9 Å². The lowest BCUT2D eigenvalue weighted by Crippen LogP contribution is -2.38. The Morgan fingerprint density at radius 3 is 2.52 bits per heavy atom. The van der Waals surface area contributed by atoms with E-state index in [2.05, 4.69) is 21.2 Å². The molecule has 40 heavy (non-hydrogen) atoms. The van der Waals surface area contributed by atoms with Crippen LogP contribution in [0.5, 0.6) is 0 Å². The number of rotatable bonds is 7. The van der Waals surface area contributed by atoms with Gasteiger partial charge in [0.1, 0.15) is 29.3 Å². The normalized spacial score (nSPS) is 16.1. The molecule has 4 aromatic heterocycles. The van der Waals surface area contributed by atoms with Crippen molar-refractivity contribution < 1.29 is 24.0 Å². The van der Waals surface area contributed by atoms with E-state index in [9.17, 15) is 9.59 Å². The molecular formula is C27H30N8O5. The van der Waals surface area contributed by atoms with Crippen LogP contribution in [0.3, 0.4) is 0 Å². The fourth-order valence-electron chi connectivity index (χ4n) is 5.26. The molecule has 4 aromatic rings. The van der Waals surface area contributed by atoms with Crippen LogP contribution in [0.2, 0.25) is 0 Å². The van der Waals surface area contributed by atoms with Crippen molar-refractivity contribution in [1.29, 1.82) is 0 Å². The first-order valence-electron chi connectivity index (χ1n) is 13.4. The Hall–Kier alpha value is -4.55. The first-order chi connectivity index (χ1) is 19.3. The van der Waals surface area contributed by atoms with Crippen molar-refractivity contribution in [2.75, 3.05) is 25.4 Å². The van der Waals surface area contributed by atoms with Crippen molar-refractivity contribution in [2.24, 2.45) is 0 Å². The van der Waals surface area contributed by atoms with Gasteiger partial charge in [-0.05, 0) is 57.1 Å². The molecule has 1 amide bonds. The standard InChI is InChI=1S/C27H30N8O5/c1-14(2)35-26-21(25(28)30-13-31-26)22(32-35)23-20(24(40-33-23)16-3-4-16)18-6-5-17(11-29-18)15-7-9-34(10-8-15)27(38)39-12-19(36)37/h5-6,11,13-16H,3-4,7-10,12H2,1-2H3,(H,36,37)(H2,28,30,31). The van der Waals surface area contributed by atoms with Crippen LogP contribution in [0.4, 0.5) is 10.6 Å². The van der Waals surface area contributed by atoms with Crippen LogP contribution in [-0.4, -0.2) is 71.7 Å². The number of fused-ring (bicyclic) bond motifs is 1. The summed E-state index contributed by atoms with van der Waals surface area (Å²) in [6, 6.07) is 4.08. The second-order valence-corrected chi connectivity index (χ2v) is 10.6. The van der Waals surface area contributed by atoms with Crippen molar-refractivity contribution in [1.82, 2.24) is 34.8 Å². The number of hydrogen-bond donors (Lipinski definition) is 2. The van der Waals surface area contributed by atoms with Gasteiger partial charge >= 0.3 is 12.1 Å². The summed E-state index contributed by atoms with van der Waals surface area (Å²) in [6.45, 7) is 4.39. The number of anilines is 1. The summed E-state index contributed by atoms with van der Waals surface area (Å²) >= 11 is 0. The van der Waals surface area contributed by atoms with Gasteiger partial charge in [0, 0.05) is 31.2 Å². The van der Waals surface area contributed by atoms with E-state index in [0.29, 0.717) is 41.3 Å². The van der Waals surface area contributed by atoms with Crippen LogP contribution in [0, 0.1) is 0 Å². The van der Waals surface area contributed by atoms with Gasteiger partial charge in [-0.2, -0.15) is 5.10 Å². The van der Waals surface area contributed by atoms with Crippen molar-refractivity contribution in [3.63, 3.8) is 0 Å². The smallest absolute Gasteiger partial charge is 0.410 e. The number of pyridine rings is 1. The molecule has 1 aliphatic heterocycles. The van der Waals surface area contributed by atoms with Crippen molar-refractivity contribution in [3.05, 3.63) is 36.0 Å². The Morgan fingerprint density at radius 1 is 1.10 bits per heavy atom. The number of carboxylic acid groups (broad SMARTS) is 1. The number of carboxylic acids is 1. The topological polar surface area (TPSA) is 175 Å². The Labute approximate surface area is 229 Å². The molecular weight excluding hydrogens is 516 g/mol. The van der Waals surface area contributed by atoms with Crippen LogP contribution in [-0.2, 0) is 9.53 Å². The second-order valence-electron chi connectivity index (χ2n) is 10.6. The van der Waals surface area contributed by atoms with Gasteiger partial charge in [0.2, 0.25) is 0 Å². The van der Waals surface area contributed by atoms with Gasteiger partial charge in [-0.1, -0.05) is 11.2 Å². The number of amides is 1. The molecule has 1 saturated heterocycles. The summed E-state index contributed by atoms with van der Waals surface area (Å²) in [6.07, 6.45) is 6.22. The summed E-state index contributed by atoms with van der Waals surface area (Å²) in [5, 5.41) is 18.7. The zero-order chi connectivity index (χ0) is 28.0. The number of nitrogens with zero attached hydrogens (tertiary/aromatic N) is 7. The first-order valence-corrected chi connectivity index (χ1v) is 13.4. The predicted molar refractivity (Wildman–Crippen MR) is 143 cm³/mol. The minimum atomic E-state index is -1.17. The molecule has 0 unspecified atom stereocenters. The molecule has 13 nitrogen and oxygen atoms in total. The molecule has 0 atom stereocenters. The highest BCUT2D eigenvalue weighted by Crippen LogP contribution is 2.48. The lowest BCUT2D eigenvalue weighted by Gasteiger charge is -2.31. The number of aromatic nitrogens is 6. The van der Waals surface area contributed by atoms with E-state index >= 15 is 0 Å². The molecule has 0 aromatic carbocycles. The second kappa shape index (κ2) is 10.2. The number of nitrogen functional groups attached to an aromatic ring is 1. The molecule has 0 bridgehead atoms. The molecule has 5 heterocycles. The van der Waals surface area contributed by atoms with Gasteiger partial charge < -0.3 is 25.0 Å². The average molecular weight is 547 g/mol. The van der Waals surface area contributed by atoms with Gasteiger partial charge in [0.15, 0.2) is 12.3 Å². The quantitative estimate of drug-likeness (QED) is 0.343. The highest BCUT2D eigenvalue weighted by atomic mass is 16.6. The average Bonchev–Trinajstić information content (AvgIpc) is 3.58. The number of hydrogen-bond acceptors (Lipinski definition) is 10. The predicted octanol–water partition coefficient (Wildman–Crippen LogP) is 3.98. The summed E-state index contributed by atoms with van der Waals surface area (Å²) < 4.78 is 12.5. The third-order valence-corrected chi connectivity index (χ3v) is 7.48. The fourth-order valence-corrected chi connectivity index (χ4v) is 5.26. The maximum absolute atomic E-state index is 12.1. The Bertz CT molecular complexity index is 1570. The van der Waals surface area contributed by atoms with E-state index in [1.54, 1.807) is 4.90 Å². The zero-order valence-electron chi connectivity index (χ0n) is 22.3. The van der Waals surface area contributed by atoms with Gasteiger partial charge in [-0.15, -0.1) is 0 Å². The Kier molecular flexibility index (Phi) is 6.56. The van der Waals surface area contributed by atoms with Gasteiger partial charge in [0.25, 0.3) is 0 Å². The molecule has 3 N–H and O–H groups in total. The van der Waals surface area contributed by atoms with Crippen LogP contribution in [0.1, 0.15) is 68.7 Å². The highest BCUT2D eigenvalue weighted by molar-refractivity contribution is 6.00. The van der Waals surface area contributed by atoms with E-state index in [4.69, 9.17) is 30.2 Å². The monoisotopic (exact) mass is 546 g/mol. The minimum Gasteiger partial charge on any atom is -0.479 e. The van der Waals surface area contributed by atoms with E-state index in [1.807, 2.05) is 30.8 Å². The third-order valence-electron chi connectivity index (χ3n) is 7.48. The number of carbonyl (C=O) groups excluding carboxylic acids is 1. The molecule has 13 heteroatoms. The molecule has 1 aliphatic carbocycles. The zero-order valence-corrected chi connectivity index (χ0v) is 22.3. The first kappa shape index (κ1) is 25.7. The number of nitrogens with two attached hydrogens (primary N) is 1. The fraction of sp³-hybridized carbons (Fsp3) is 0.444. The summed E-state index contributed by atoms with van der Waals surface area (Å²) in [7, 11) is 0. The van der Waals surface area contributed by atoms with Crippen LogP contribution in [0.25, 0.3) is 33.7 Å². The molecule has 2 fully saturated rings. The van der Waals surface area contributed by atoms with Crippen molar-refractivity contribution in [2.45, 2.75) is 57.4 Å². The van der Waals surface area contributed by atoms with E-state index < -0.39 is 18.7 Å². The summed E-state index contributed by atoms with van der Waals surface area (Å²) in [5.41, 5.74) is 10.7. The highest BCUT2D eigenvalue weighted by Gasteiger charge is 2.35. The van der Waals surface area contributed by atoms with E-state index in [1.165, 1.54) is 6.33 Å². The van der Waals surface area contributed by atoms with E-state index in [-0.39, 0.29) is 17.9 Å². The van der Waals surface area contributed by atoms with Crippen molar-refractivity contribution in [3.8, 4) is 22.6 Å². The van der Waals surface area contributed by atoms with Crippen LogP contribution >= 0.6 is 0 Å². The Balaban J connectivity index is 1.29. The largest absolute Gasteiger partial charge is 0.479 e. The summed E-state index contributed by atoms with van der Waals surface area (Å²) in [4.78, 5) is 37.8. The lowest BCUT2D eigenvalue weighted by molar-refractivity contribution is -0.140. The number of piperidine rings is 1. The molecule has 0 radical (unpaired) electrons. The SMILES string of the molecule is CC(C)n1nc(-c2noc(C3CC3)c2-c2ccc(C3CCN(C(=O)OCC(=O)O)CC3)cn2)c2c(N)ncnc21. The number of aliphatic carboxylic acids is 1. The van der Waals surface area contributed by atoms with Gasteiger partial charge in [-0.25, -0.2) is 24.2 Å². The number of carbonyl (C=O) groups is 2. The van der Waals surface area contributed by atoms with Crippen LogP contribution < -0.4 is 5.73 Å². The lowest BCUT2D eigenvalue weighted by atomic mass is 9.90. The Morgan fingerprint density at radius 2 is 1.88 bits per heavy atom. The number of ether oxygens (including phenoxy) is 1. The molecule has 1 saturated carbocycles. The molecule has 6 rings (SSSR count). The number of likely N-dealkylation sites (tertiary alicyclic amines) is 1. The maximum atomic E-state index is 12.1. The minimum absolute atomic E-state index is 0.0478. The third kappa shape index (κ3) is 4.71. The van der Waals surface area contributed by atoms with E-state index in [0.717, 1.165) is 48.3 Å². The maximum Gasteiger partial charge on any atom is 0.410 e. The molecule has 2 aliphatic rings. The summed E-state index contributed by atoms with van der Waals surface area (Å²) in [5.74, 6) is 0.461. The van der Waals surface area contributed by atoms with Gasteiger partial charge in [0.05, 0.1) is 16.6 Å². The van der Waals surface area contributed by atoms with Gasteiger partial charge in [-0.3, -0.25) is 4.98 Å². The molecule has 208 valence electrons. The molecule has 0 spiro atoms.